The van der Waals surface area contributed by atoms with E-state index in [9.17, 15) is 15.0 Å². The van der Waals surface area contributed by atoms with Crippen molar-refractivity contribution in [3.05, 3.63) is 65.3 Å². The van der Waals surface area contributed by atoms with Crippen LogP contribution < -0.4 is 19.3 Å². The van der Waals surface area contributed by atoms with E-state index in [0.717, 1.165) is 11.1 Å². The van der Waals surface area contributed by atoms with Gasteiger partial charge >= 0.3 is 0 Å². The number of methoxy groups -OCH3 is 2. The lowest BCUT2D eigenvalue weighted by molar-refractivity contribution is -0.122. The number of halogens is 1. The monoisotopic (exact) mass is 539 g/mol. The number of aliphatic hydroxyl groups excluding tert-OH is 2. The van der Waals surface area contributed by atoms with Crippen LogP contribution in [0.3, 0.4) is 0 Å². The third-order valence-electron chi connectivity index (χ3n) is 7.20. The Balaban J connectivity index is 1.79. The van der Waals surface area contributed by atoms with Crippen LogP contribution in [0.15, 0.2) is 54.7 Å². The number of ether oxygens (including phenoxy) is 2. The Morgan fingerprint density at radius 1 is 1.13 bits per heavy atom. The van der Waals surface area contributed by atoms with Gasteiger partial charge in [0.05, 0.1) is 50.3 Å². The van der Waals surface area contributed by atoms with Crippen molar-refractivity contribution in [2.45, 2.75) is 37.8 Å². The number of likely N-dealkylation sites (N-methyl/N-ethyl adjacent to an activating group) is 1. The number of anilines is 2. The minimum Gasteiger partial charge on any atom is -0.497 e. The molecule has 38 heavy (non-hydrogen) atoms. The number of carbonyl (C=O) groups excluding carboxylic acids is 1. The normalized spacial score (nSPS) is 17.4. The van der Waals surface area contributed by atoms with Crippen molar-refractivity contribution in [2.75, 3.05) is 44.2 Å². The number of pyridine rings is 1. The van der Waals surface area contributed by atoms with Gasteiger partial charge in [-0.25, -0.2) is 4.98 Å². The highest BCUT2D eigenvalue weighted by Crippen LogP contribution is 2.40. The molecular weight excluding hydrogens is 506 g/mol. The Morgan fingerprint density at radius 3 is 2.39 bits per heavy atom. The van der Waals surface area contributed by atoms with Crippen LogP contribution in [-0.2, 0) is 10.2 Å². The topological polar surface area (TPSA) is 95.4 Å². The molecule has 2 N–H and O–H groups in total. The molecule has 3 aromatic rings. The summed E-state index contributed by atoms with van der Waals surface area (Å²) in [5.74, 6) is 1.62. The summed E-state index contributed by atoms with van der Waals surface area (Å²) in [5.41, 5.74) is 1.84. The molecular formula is C29H34ClN3O5. The van der Waals surface area contributed by atoms with Crippen molar-refractivity contribution in [3.8, 4) is 22.6 Å². The quantitative estimate of drug-likeness (QED) is 0.441. The van der Waals surface area contributed by atoms with E-state index in [0.29, 0.717) is 46.6 Å². The van der Waals surface area contributed by atoms with Crippen molar-refractivity contribution in [1.29, 1.82) is 0 Å². The lowest BCUT2D eigenvalue weighted by atomic mass is 9.82. The second-order valence-corrected chi connectivity index (χ2v) is 10.4. The number of β-amino-alcohol motifs (C(OH)–C–C–N with tert-alkyl or cyclic N) is 1. The predicted molar refractivity (Wildman–Crippen MR) is 150 cm³/mol. The molecule has 1 amide bonds. The summed E-state index contributed by atoms with van der Waals surface area (Å²) in [6, 6.07) is 14.5. The molecule has 0 saturated carbocycles. The summed E-state index contributed by atoms with van der Waals surface area (Å²) in [7, 11) is 4.86. The van der Waals surface area contributed by atoms with Crippen LogP contribution >= 0.6 is 11.6 Å². The Labute approximate surface area is 228 Å². The number of aromatic nitrogens is 1. The highest BCUT2D eigenvalue weighted by molar-refractivity contribution is 6.33. The van der Waals surface area contributed by atoms with Crippen molar-refractivity contribution >= 4 is 29.0 Å². The highest BCUT2D eigenvalue weighted by Gasteiger charge is 2.36. The van der Waals surface area contributed by atoms with E-state index in [1.807, 2.05) is 55.1 Å². The smallest absolute Gasteiger partial charge is 0.236 e. The molecule has 0 radical (unpaired) electrons. The lowest BCUT2D eigenvalue weighted by Crippen LogP contribution is -2.42. The SMILES string of the molecule is COc1cc(OC)cc(C(C)(C)C(=O)N(C)c2cnc(N3CC(O)CC3CO)cc2-c2ccccc2Cl)c1. The summed E-state index contributed by atoms with van der Waals surface area (Å²) in [6.45, 7) is 3.97. The third kappa shape index (κ3) is 5.29. The fourth-order valence-electron chi connectivity index (χ4n) is 4.92. The van der Waals surface area contributed by atoms with Gasteiger partial charge in [-0.1, -0.05) is 29.8 Å². The van der Waals surface area contributed by atoms with Gasteiger partial charge < -0.3 is 29.5 Å². The van der Waals surface area contributed by atoms with Crippen molar-refractivity contribution in [3.63, 3.8) is 0 Å². The fourth-order valence-corrected chi connectivity index (χ4v) is 5.16. The third-order valence-corrected chi connectivity index (χ3v) is 7.53. The van der Waals surface area contributed by atoms with E-state index in [1.165, 1.54) is 0 Å². The fraction of sp³-hybridized carbons (Fsp3) is 0.379. The van der Waals surface area contributed by atoms with E-state index in [1.54, 1.807) is 44.5 Å². The molecule has 4 rings (SSSR count). The Hall–Kier alpha value is -3.33. The number of aliphatic hydroxyl groups is 2. The van der Waals surface area contributed by atoms with Crippen LogP contribution in [0.1, 0.15) is 25.8 Å². The molecule has 0 aliphatic carbocycles. The molecule has 1 aromatic heterocycles. The zero-order valence-electron chi connectivity index (χ0n) is 22.3. The molecule has 202 valence electrons. The second-order valence-electron chi connectivity index (χ2n) is 10.0. The van der Waals surface area contributed by atoms with Crippen molar-refractivity contribution in [2.24, 2.45) is 0 Å². The van der Waals surface area contributed by atoms with Gasteiger partial charge in [-0.3, -0.25) is 4.79 Å². The van der Waals surface area contributed by atoms with Gasteiger partial charge in [0, 0.05) is 35.8 Å². The van der Waals surface area contributed by atoms with Gasteiger partial charge in [0.2, 0.25) is 5.91 Å². The zero-order valence-corrected chi connectivity index (χ0v) is 23.1. The molecule has 1 aliphatic rings. The molecule has 2 aromatic carbocycles. The molecule has 1 aliphatic heterocycles. The zero-order chi connectivity index (χ0) is 27.6. The van der Waals surface area contributed by atoms with Crippen LogP contribution in [0, 0.1) is 0 Å². The molecule has 2 unspecified atom stereocenters. The van der Waals surface area contributed by atoms with Gasteiger partial charge in [0.15, 0.2) is 0 Å². The second kappa shape index (κ2) is 11.2. The lowest BCUT2D eigenvalue weighted by Gasteiger charge is -2.32. The molecule has 9 heteroatoms. The maximum absolute atomic E-state index is 14.0. The van der Waals surface area contributed by atoms with Gasteiger partial charge in [0.25, 0.3) is 0 Å². The van der Waals surface area contributed by atoms with E-state index in [4.69, 9.17) is 21.1 Å². The van der Waals surface area contributed by atoms with E-state index in [2.05, 4.69) is 4.98 Å². The first-order chi connectivity index (χ1) is 18.1. The van der Waals surface area contributed by atoms with Crippen LogP contribution in [-0.4, -0.2) is 67.7 Å². The van der Waals surface area contributed by atoms with Crippen LogP contribution in [0.25, 0.3) is 11.1 Å². The number of hydrogen-bond acceptors (Lipinski definition) is 7. The average Bonchev–Trinajstić information content (AvgIpc) is 3.32. The van der Waals surface area contributed by atoms with Crippen molar-refractivity contribution in [1.82, 2.24) is 4.98 Å². The van der Waals surface area contributed by atoms with Gasteiger partial charge in [-0.15, -0.1) is 0 Å². The van der Waals surface area contributed by atoms with Crippen LogP contribution in [0.4, 0.5) is 11.5 Å². The summed E-state index contributed by atoms with van der Waals surface area (Å²) in [4.78, 5) is 22.2. The Kier molecular flexibility index (Phi) is 8.16. The summed E-state index contributed by atoms with van der Waals surface area (Å²) < 4.78 is 10.8. The van der Waals surface area contributed by atoms with Gasteiger partial charge in [0.1, 0.15) is 17.3 Å². The number of hydrogen-bond donors (Lipinski definition) is 2. The summed E-state index contributed by atoms with van der Waals surface area (Å²) in [5, 5.41) is 20.6. The molecule has 0 spiro atoms. The maximum Gasteiger partial charge on any atom is 0.236 e. The molecule has 2 heterocycles. The van der Waals surface area contributed by atoms with E-state index < -0.39 is 11.5 Å². The first-order valence-electron chi connectivity index (χ1n) is 12.4. The van der Waals surface area contributed by atoms with Gasteiger partial charge in [-0.05, 0) is 50.1 Å². The summed E-state index contributed by atoms with van der Waals surface area (Å²) >= 11 is 6.61. The molecule has 1 saturated heterocycles. The first-order valence-corrected chi connectivity index (χ1v) is 12.8. The number of nitrogens with zero attached hydrogens (tertiary/aromatic N) is 3. The minimum atomic E-state index is -0.936. The number of benzene rings is 2. The summed E-state index contributed by atoms with van der Waals surface area (Å²) in [6.07, 6.45) is 1.55. The van der Waals surface area contributed by atoms with Gasteiger partial charge in [-0.2, -0.15) is 0 Å². The first kappa shape index (κ1) is 27.7. The Morgan fingerprint density at radius 2 is 1.79 bits per heavy atom. The van der Waals surface area contributed by atoms with E-state index >= 15 is 0 Å². The van der Waals surface area contributed by atoms with E-state index in [-0.39, 0.29) is 18.6 Å². The molecule has 8 nitrogen and oxygen atoms in total. The van der Waals surface area contributed by atoms with Crippen LogP contribution in [0.5, 0.6) is 11.5 Å². The molecule has 0 bridgehead atoms. The number of carbonyl (C=O) groups is 1. The largest absolute Gasteiger partial charge is 0.497 e. The highest BCUT2D eigenvalue weighted by atomic mass is 35.5. The number of rotatable bonds is 8. The average molecular weight is 540 g/mol. The van der Waals surface area contributed by atoms with Crippen molar-refractivity contribution < 1.29 is 24.5 Å². The van der Waals surface area contributed by atoms with Crippen LogP contribution in [0.2, 0.25) is 5.02 Å². The Bertz CT molecular complexity index is 1290. The molecule has 2 atom stereocenters. The molecule has 1 fully saturated rings. The predicted octanol–water partition coefficient (Wildman–Crippen LogP) is 4.29. The number of amides is 1. The maximum atomic E-state index is 14.0. The standard InChI is InChI=1S/C29H34ClN3O5/c1-29(2,18-10-21(37-4)13-22(11-18)38-5)28(36)32(3)26-15-31-27(33-16-20(35)12-19(33)17-34)14-24(26)23-8-6-7-9-25(23)30/h6-11,13-15,19-20,34-35H,12,16-17H2,1-5H3. The minimum absolute atomic E-state index is 0.0987.